The van der Waals surface area contributed by atoms with E-state index in [1.165, 1.54) is 38.5 Å². The van der Waals surface area contributed by atoms with Crippen molar-refractivity contribution in [3.05, 3.63) is 0 Å². The van der Waals surface area contributed by atoms with Crippen LogP contribution in [0.2, 0.25) is 0 Å². The first-order chi connectivity index (χ1) is 25.3. The second kappa shape index (κ2) is 20.8. The Labute approximate surface area is 328 Å². The van der Waals surface area contributed by atoms with Gasteiger partial charge in [0.25, 0.3) is 0 Å². The number of hydrogen-bond acceptors (Lipinski definition) is 6. The van der Waals surface area contributed by atoms with Gasteiger partial charge in [0.1, 0.15) is 12.1 Å². The Hall–Kier alpha value is -2.20. The molecule has 0 radical (unpaired) electrons. The summed E-state index contributed by atoms with van der Waals surface area (Å²) in [5.74, 6) is 1.82. The standard InChI is InChI=1S/2C22H40N2O3/c2*1-6-15(12-18(25)7-2)21(27)24-14-17-11-9-8-10-16(17)13-19(24)20(26)23-22(3,4)5/h2*15-19,25H,6-14H2,1-5H3,(H,23,26)/t2*15-,16+,17-,18-,19+/m11/s1. The van der Waals surface area contributed by atoms with Crippen molar-refractivity contribution < 1.29 is 29.4 Å². The van der Waals surface area contributed by atoms with Crippen LogP contribution in [0, 0.1) is 35.5 Å². The molecule has 0 bridgehead atoms. The summed E-state index contributed by atoms with van der Waals surface area (Å²) in [5.41, 5.74) is -0.616. The third-order valence-corrected chi connectivity index (χ3v) is 12.7. The molecule has 54 heavy (non-hydrogen) atoms. The van der Waals surface area contributed by atoms with Crippen LogP contribution in [0.1, 0.15) is 172 Å². The predicted octanol–water partition coefficient (Wildman–Crippen LogP) is 6.99. The number of aliphatic hydroxyl groups is 2. The van der Waals surface area contributed by atoms with E-state index in [9.17, 15) is 29.4 Å². The second-order valence-electron chi connectivity index (χ2n) is 19.4. The Morgan fingerprint density at radius 1 is 0.556 bits per heavy atom. The van der Waals surface area contributed by atoms with Crippen molar-refractivity contribution in [2.75, 3.05) is 13.1 Å². The van der Waals surface area contributed by atoms with Crippen LogP contribution in [-0.2, 0) is 19.2 Å². The molecule has 10 atom stereocenters. The fraction of sp³-hybridized carbons (Fsp3) is 0.909. The van der Waals surface area contributed by atoms with Gasteiger partial charge in [-0.25, -0.2) is 0 Å². The molecule has 0 unspecified atom stereocenters. The maximum Gasteiger partial charge on any atom is 0.243 e. The van der Waals surface area contributed by atoms with E-state index >= 15 is 0 Å². The molecule has 0 aromatic heterocycles. The van der Waals surface area contributed by atoms with Gasteiger partial charge in [-0.2, -0.15) is 0 Å². The summed E-state index contributed by atoms with van der Waals surface area (Å²) >= 11 is 0. The summed E-state index contributed by atoms with van der Waals surface area (Å²) < 4.78 is 0. The van der Waals surface area contributed by atoms with Gasteiger partial charge in [-0.05, 0) is 129 Å². The Morgan fingerprint density at radius 3 is 1.15 bits per heavy atom. The Balaban J connectivity index is 0.000000290. The van der Waals surface area contributed by atoms with Gasteiger partial charge in [-0.3, -0.25) is 19.2 Å². The van der Waals surface area contributed by atoms with Gasteiger partial charge >= 0.3 is 0 Å². The third kappa shape index (κ3) is 13.5. The number of hydrogen-bond donors (Lipinski definition) is 4. The van der Waals surface area contributed by atoms with Crippen LogP contribution in [0.4, 0.5) is 0 Å². The predicted molar refractivity (Wildman–Crippen MR) is 216 cm³/mol. The molecule has 2 aliphatic carbocycles. The molecule has 4 amide bonds. The van der Waals surface area contributed by atoms with Gasteiger partial charge in [0, 0.05) is 36.0 Å². The first kappa shape index (κ1) is 46.2. The smallest absolute Gasteiger partial charge is 0.243 e. The van der Waals surface area contributed by atoms with E-state index in [4.69, 9.17) is 0 Å². The lowest BCUT2D eigenvalue weighted by Crippen LogP contribution is -2.60. The summed E-state index contributed by atoms with van der Waals surface area (Å²) in [5, 5.41) is 26.3. The van der Waals surface area contributed by atoms with Crippen LogP contribution in [0.25, 0.3) is 0 Å². The minimum atomic E-state index is -0.451. The molecule has 2 saturated heterocycles. The monoisotopic (exact) mass is 761 g/mol. The Bertz CT molecular complexity index is 1120. The summed E-state index contributed by atoms with van der Waals surface area (Å²) in [6, 6.07) is -0.743. The molecular formula is C44H80N4O6. The van der Waals surface area contributed by atoms with Crippen LogP contribution in [0.3, 0.4) is 0 Å². The molecule has 0 spiro atoms. The lowest BCUT2D eigenvalue weighted by atomic mass is 9.72. The van der Waals surface area contributed by atoms with Gasteiger partial charge < -0.3 is 30.6 Å². The van der Waals surface area contributed by atoms with Crippen LogP contribution in [0.5, 0.6) is 0 Å². The van der Waals surface area contributed by atoms with E-state index in [2.05, 4.69) is 10.6 Å². The SMILES string of the molecule is CC[C@@H](O)C[C@@H](CC)C(=O)N1C[C@H]2CCCC[C@H]2C[C@H]1C(=O)NC(C)(C)C.CC[C@@H](O)C[C@@H](CC)C(=O)N1C[C@H]2CCCC[C@H]2C[C@H]1C(=O)NC(C)(C)C. The highest BCUT2D eigenvalue weighted by Crippen LogP contribution is 2.41. The second-order valence-corrected chi connectivity index (χ2v) is 19.4. The summed E-state index contributed by atoms with van der Waals surface area (Å²) in [6.07, 6.45) is 14.0. The van der Waals surface area contributed by atoms with E-state index in [1.54, 1.807) is 0 Å². The zero-order valence-corrected chi connectivity index (χ0v) is 35.9. The zero-order valence-electron chi connectivity index (χ0n) is 35.9. The molecule has 4 N–H and O–H groups in total. The zero-order chi connectivity index (χ0) is 40.4. The number of carbonyl (C=O) groups is 4. The molecule has 4 aliphatic rings. The normalized spacial score (nSPS) is 28.2. The number of rotatable bonds is 12. The molecule has 312 valence electrons. The molecule has 4 rings (SSSR count). The van der Waals surface area contributed by atoms with E-state index in [1.807, 2.05) is 79.0 Å². The van der Waals surface area contributed by atoms with Crippen molar-refractivity contribution in [2.45, 2.75) is 207 Å². The number of likely N-dealkylation sites (tertiary alicyclic amines) is 2. The maximum absolute atomic E-state index is 13.4. The maximum atomic E-state index is 13.4. The molecule has 0 aromatic carbocycles. The van der Waals surface area contributed by atoms with Crippen molar-refractivity contribution >= 4 is 23.6 Å². The van der Waals surface area contributed by atoms with Crippen molar-refractivity contribution in [3.8, 4) is 0 Å². The quantitative estimate of drug-likeness (QED) is 0.169. The number of amides is 4. The number of nitrogens with one attached hydrogen (secondary N) is 2. The van der Waals surface area contributed by atoms with Crippen molar-refractivity contribution in [1.82, 2.24) is 20.4 Å². The fourth-order valence-electron chi connectivity index (χ4n) is 9.49. The van der Waals surface area contributed by atoms with E-state index in [0.717, 1.165) is 25.7 Å². The van der Waals surface area contributed by atoms with Gasteiger partial charge in [0.2, 0.25) is 23.6 Å². The molecule has 2 aliphatic heterocycles. The molecule has 10 nitrogen and oxygen atoms in total. The Morgan fingerprint density at radius 2 is 0.870 bits per heavy atom. The minimum absolute atomic E-state index is 0.0224. The number of carbonyl (C=O) groups excluding carboxylic acids is 4. The highest BCUT2D eigenvalue weighted by Gasteiger charge is 2.45. The summed E-state index contributed by atoms with van der Waals surface area (Å²) in [7, 11) is 0. The van der Waals surface area contributed by atoms with Crippen molar-refractivity contribution in [2.24, 2.45) is 35.5 Å². The molecule has 10 heteroatoms. The van der Waals surface area contributed by atoms with Crippen molar-refractivity contribution in [3.63, 3.8) is 0 Å². The van der Waals surface area contributed by atoms with Gasteiger partial charge in [-0.1, -0.05) is 66.2 Å². The summed E-state index contributed by atoms with van der Waals surface area (Å²) in [4.78, 5) is 56.5. The van der Waals surface area contributed by atoms with Gasteiger partial charge in [0.05, 0.1) is 12.2 Å². The van der Waals surface area contributed by atoms with E-state index in [-0.39, 0.29) is 58.6 Å². The fourth-order valence-corrected chi connectivity index (χ4v) is 9.49. The first-order valence-electron chi connectivity index (χ1n) is 21.9. The van der Waals surface area contributed by atoms with Crippen LogP contribution >= 0.6 is 0 Å². The van der Waals surface area contributed by atoms with Crippen molar-refractivity contribution in [1.29, 1.82) is 0 Å². The van der Waals surface area contributed by atoms with E-state index < -0.39 is 12.2 Å². The molecule has 4 fully saturated rings. The largest absolute Gasteiger partial charge is 0.393 e. The lowest BCUT2D eigenvalue weighted by molar-refractivity contribution is -0.150. The lowest BCUT2D eigenvalue weighted by Gasteiger charge is -2.47. The van der Waals surface area contributed by atoms with Crippen LogP contribution in [0.15, 0.2) is 0 Å². The molecule has 0 aromatic rings. The average Bonchev–Trinajstić information content (AvgIpc) is 3.12. The highest BCUT2D eigenvalue weighted by molar-refractivity contribution is 5.90. The topological polar surface area (TPSA) is 139 Å². The van der Waals surface area contributed by atoms with Crippen LogP contribution < -0.4 is 10.6 Å². The van der Waals surface area contributed by atoms with Gasteiger partial charge in [-0.15, -0.1) is 0 Å². The molecule has 2 heterocycles. The third-order valence-electron chi connectivity index (χ3n) is 12.7. The number of nitrogens with zero attached hydrogens (tertiary/aromatic N) is 2. The summed E-state index contributed by atoms with van der Waals surface area (Å²) in [6.45, 7) is 21.2. The van der Waals surface area contributed by atoms with E-state index in [0.29, 0.717) is 75.3 Å². The number of aliphatic hydroxyl groups excluding tert-OH is 2. The molecule has 2 saturated carbocycles. The average molecular weight is 761 g/mol. The van der Waals surface area contributed by atoms with Crippen LogP contribution in [-0.4, -0.2) is 92.1 Å². The first-order valence-corrected chi connectivity index (χ1v) is 21.9. The number of fused-ring (bicyclic) bond motifs is 2. The molecular weight excluding hydrogens is 681 g/mol. The minimum Gasteiger partial charge on any atom is -0.393 e. The Kier molecular flexibility index (Phi) is 17.8. The number of piperidine rings is 2. The van der Waals surface area contributed by atoms with Gasteiger partial charge in [0.15, 0.2) is 0 Å². The highest BCUT2D eigenvalue weighted by atomic mass is 16.3.